The van der Waals surface area contributed by atoms with Gasteiger partial charge in [-0.2, -0.15) is 0 Å². The minimum absolute atomic E-state index is 0.262. The van der Waals surface area contributed by atoms with E-state index in [9.17, 15) is 4.79 Å². The van der Waals surface area contributed by atoms with E-state index in [4.69, 9.17) is 9.52 Å². The molecule has 1 heterocycles. The highest BCUT2D eigenvalue weighted by Crippen LogP contribution is 2.21. The van der Waals surface area contributed by atoms with E-state index in [0.717, 1.165) is 27.9 Å². The van der Waals surface area contributed by atoms with Crippen molar-refractivity contribution >= 4 is 22.8 Å². The predicted molar refractivity (Wildman–Crippen MR) is 118 cm³/mol. The van der Waals surface area contributed by atoms with E-state index < -0.39 is 5.97 Å². The third-order valence-corrected chi connectivity index (χ3v) is 5.10. The number of aromatic nitrogens is 1. The van der Waals surface area contributed by atoms with Gasteiger partial charge < -0.3 is 14.8 Å². The number of rotatable bonds is 7. The number of nitrogens with one attached hydrogen (secondary N) is 1. The lowest BCUT2D eigenvalue weighted by Gasteiger charge is -2.09. The van der Waals surface area contributed by atoms with Gasteiger partial charge in [-0.25, -0.2) is 9.78 Å². The van der Waals surface area contributed by atoms with Gasteiger partial charge in [0.1, 0.15) is 5.52 Å². The molecule has 0 aliphatic heterocycles. The summed E-state index contributed by atoms with van der Waals surface area (Å²) in [7, 11) is 0. The Balaban J connectivity index is 1.45. The number of benzene rings is 3. The van der Waals surface area contributed by atoms with Gasteiger partial charge in [-0.1, -0.05) is 44.2 Å². The number of anilines is 1. The van der Waals surface area contributed by atoms with Crippen molar-refractivity contribution in [3.8, 4) is 0 Å². The van der Waals surface area contributed by atoms with Gasteiger partial charge in [0.05, 0.1) is 5.56 Å². The molecule has 0 radical (unpaired) electrons. The summed E-state index contributed by atoms with van der Waals surface area (Å²) in [6.45, 7) is 5.07. The van der Waals surface area contributed by atoms with Crippen molar-refractivity contribution in [2.75, 3.05) is 5.32 Å². The summed E-state index contributed by atoms with van der Waals surface area (Å²) >= 11 is 0. The summed E-state index contributed by atoms with van der Waals surface area (Å²) < 4.78 is 5.85. The molecule has 0 saturated heterocycles. The minimum Gasteiger partial charge on any atom is -0.478 e. The molecular weight excluding hydrogens is 376 g/mol. The highest BCUT2D eigenvalue weighted by atomic mass is 16.4. The SMILES string of the molecule is CC(C)c1ccc(NCc2ccc3oc(Cc4cccc(C(=O)O)c4)nc3c2)cc1. The van der Waals surface area contributed by atoms with Crippen LogP contribution in [0.2, 0.25) is 0 Å². The third-order valence-electron chi connectivity index (χ3n) is 5.10. The van der Waals surface area contributed by atoms with Gasteiger partial charge in [0, 0.05) is 18.7 Å². The second-order valence-corrected chi connectivity index (χ2v) is 7.72. The number of nitrogens with zero attached hydrogens (tertiary/aromatic N) is 1. The largest absolute Gasteiger partial charge is 0.478 e. The fourth-order valence-electron chi connectivity index (χ4n) is 3.39. The molecule has 0 saturated carbocycles. The first-order valence-electron chi connectivity index (χ1n) is 10.0. The standard InChI is InChI=1S/C25H24N2O3/c1-16(2)19-7-9-21(10-8-19)26-15-18-6-11-23-22(13-18)27-24(30-23)14-17-4-3-5-20(12-17)25(28)29/h3-13,16,26H,14-15H2,1-2H3,(H,28,29). The summed E-state index contributed by atoms with van der Waals surface area (Å²) in [6.07, 6.45) is 0.450. The van der Waals surface area contributed by atoms with E-state index in [-0.39, 0.29) is 5.56 Å². The second-order valence-electron chi connectivity index (χ2n) is 7.72. The minimum atomic E-state index is -0.939. The van der Waals surface area contributed by atoms with Crippen LogP contribution in [0.3, 0.4) is 0 Å². The van der Waals surface area contributed by atoms with Crippen molar-refractivity contribution in [3.63, 3.8) is 0 Å². The molecule has 0 bridgehead atoms. The summed E-state index contributed by atoms with van der Waals surface area (Å²) in [6, 6.07) is 21.3. The van der Waals surface area contributed by atoms with E-state index in [0.29, 0.717) is 24.8 Å². The van der Waals surface area contributed by atoms with Crippen LogP contribution in [0.1, 0.15) is 52.7 Å². The molecule has 0 spiro atoms. The fourth-order valence-corrected chi connectivity index (χ4v) is 3.39. The summed E-state index contributed by atoms with van der Waals surface area (Å²) in [5, 5.41) is 12.6. The molecule has 30 heavy (non-hydrogen) atoms. The van der Waals surface area contributed by atoms with Crippen LogP contribution in [-0.2, 0) is 13.0 Å². The Morgan fingerprint density at radius 1 is 1.03 bits per heavy atom. The quantitative estimate of drug-likeness (QED) is 0.407. The van der Waals surface area contributed by atoms with Crippen LogP contribution in [0.5, 0.6) is 0 Å². The molecule has 4 rings (SSSR count). The number of fused-ring (bicyclic) bond motifs is 1. The molecule has 152 valence electrons. The topological polar surface area (TPSA) is 75.4 Å². The van der Waals surface area contributed by atoms with Crippen molar-refractivity contribution in [2.45, 2.75) is 32.7 Å². The van der Waals surface area contributed by atoms with E-state index in [1.807, 2.05) is 24.3 Å². The molecule has 0 amide bonds. The van der Waals surface area contributed by atoms with Crippen LogP contribution < -0.4 is 5.32 Å². The van der Waals surface area contributed by atoms with Crippen molar-refractivity contribution in [1.29, 1.82) is 0 Å². The Hall–Kier alpha value is -3.60. The fraction of sp³-hybridized carbons (Fsp3) is 0.200. The molecule has 4 aromatic rings. The first-order chi connectivity index (χ1) is 14.5. The van der Waals surface area contributed by atoms with Crippen molar-refractivity contribution in [2.24, 2.45) is 0 Å². The number of hydrogen-bond donors (Lipinski definition) is 2. The summed E-state index contributed by atoms with van der Waals surface area (Å²) in [5.74, 6) is 0.154. The average molecular weight is 400 g/mol. The monoisotopic (exact) mass is 400 g/mol. The van der Waals surface area contributed by atoms with Crippen LogP contribution in [0.15, 0.2) is 71.1 Å². The Morgan fingerprint density at radius 3 is 2.57 bits per heavy atom. The van der Waals surface area contributed by atoms with E-state index in [1.165, 1.54) is 5.56 Å². The van der Waals surface area contributed by atoms with Gasteiger partial charge >= 0.3 is 5.97 Å². The van der Waals surface area contributed by atoms with Crippen LogP contribution in [0.25, 0.3) is 11.1 Å². The molecule has 0 unspecified atom stereocenters. The molecule has 0 atom stereocenters. The van der Waals surface area contributed by atoms with Gasteiger partial charge in [0.2, 0.25) is 0 Å². The zero-order valence-corrected chi connectivity index (χ0v) is 17.1. The number of carboxylic acid groups (broad SMARTS) is 1. The normalized spacial score (nSPS) is 11.2. The van der Waals surface area contributed by atoms with E-state index >= 15 is 0 Å². The van der Waals surface area contributed by atoms with Crippen LogP contribution in [0.4, 0.5) is 5.69 Å². The number of aromatic carboxylic acids is 1. The Labute approximate surface area is 175 Å². The van der Waals surface area contributed by atoms with Crippen molar-refractivity contribution in [3.05, 3.63) is 94.9 Å². The average Bonchev–Trinajstić information content (AvgIpc) is 3.14. The number of hydrogen-bond acceptors (Lipinski definition) is 4. The molecule has 0 aliphatic rings. The first-order valence-corrected chi connectivity index (χ1v) is 10.0. The Bertz CT molecular complexity index is 1180. The lowest BCUT2D eigenvalue weighted by Crippen LogP contribution is -1.99. The Kier molecular flexibility index (Phi) is 5.53. The lowest BCUT2D eigenvalue weighted by molar-refractivity contribution is 0.0696. The van der Waals surface area contributed by atoms with Crippen molar-refractivity contribution < 1.29 is 14.3 Å². The maximum atomic E-state index is 11.1. The van der Waals surface area contributed by atoms with Gasteiger partial charge in [-0.05, 0) is 59.0 Å². The van der Waals surface area contributed by atoms with E-state index in [1.54, 1.807) is 18.2 Å². The molecule has 5 heteroatoms. The number of carboxylic acids is 1. The zero-order valence-electron chi connectivity index (χ0n) is 17.1. The van der Waals surface area contributed by atoms with Gasteiger partial charge in [0.25, 0.3) is 0 Å². The summed E-state index contributed by atoms with van der Waals surface area (Å²) in [5.41, 5.74) is 6.16. The molecule has 1 aromatic heterocycles. The molecule has 2 N–H and O–H groups in total. The second kappa shape index (κ2) is 8.41. The van der Waals surface area contributed by atoms with E-state index in [2.05, 4.69) is 48.4 Å². The molecular formula is C25H24N2O3. The van der Waals surface area contributed by atoms with Gasteiger partial charge in [0.15, 0.2) is 11.5 Å². The highest BCUT2D eigenvalue weighted by molar-refractivity contribution is 5.87. The smallest absolute Gasteiger partial charge is 0.335 e. The first kappa shape index (κ1) is 19.7. The van der Waals surface area contributed by atoms with Gasteiger partial charge in [-0.3, -0.25) is 0 Å². The van der Waals surface area contributed by atoms with Crippen LogP contribution >= 0.6 is 0 Å². The third kappa shape index (κ3) is 4.51. The zero-order chi connectivity index (χ0) is 21.1. The summed E-state index contributed by atoms with van der Waals surface area (Å²) in [4.78, 5) is 15.7. The van der Waals surface area contributed by atoms with Crippen LogP contribution in [0, 0.1) is 0 Å². The molecule has 5 nitrogen and oxygen atoms in total. The Morgan fingerprint density at radius 2 is 1.83 bits per heavy atom. The molecule has 0 fully saturated rings. The lowest BCUT2D eigenvalue weighted by atomic mass is 10.0. The molecule has 0 aliphatic carbocycles. The molecule has 3 aromatic carbocycles. The maximum absolute atomic E-state index is 11.1. The maximum Gasteiger partial charge on any atom is 0.335 e. The van der Waals surface area contributed by atoms with Crippen LogP contribution in [-0.4, -0.2) is 16.1 Å². The predicted octanol–water partition coefficient (Wildman–Crippen LogP) is 5.85. The van der Waals surface area contributed by atoms with Gasteiger partial charge in [-0.15, -0.1) is 0 Å². The highest BCUT2D eigenvalue weighted by Gasteiger charge is 2.10. The number of carbonyl (C=O) groups is 1. The number of oxazole rings is 1. The van der Waals surface area contributed by atoms with Crippen molar-refractivity contribution in [1.82, 2.24) is 4.98 Å².